The molecular weight excluding hydrogens is 434 g/mol. The van der Waals surface area contributed by atoms with Gasteiger partial charge in [0.25, 0.3) is 11.1 Å². The zero-order valence-corrected chi connectivity index (χ0v) is 19.6. The van der Waals surface area contributed by atoms with Crippen LogP contribution >= 0.6 is 11.8 Å². The predicted molar refractivity (Wildman–Crippen MR) is 129 cm³/mol. The Morgan fingerprint density at radius 1 is 0.939 bits per heavy atom. The number of amides is 2. The fourth-order valence-corrected chi connectivity index (χ4v) is 5.60. The minimum absolute atomic E-state index is 0.0769. The quantitative estimate of drug-likeness (QED) is 0.482. The summed E-state index contributed by atoms with van der Waals surface area (Å²) in [5.41, 5.74) is 3.35. The Morgan fingerprint density at radius 2 is 1.67 bits per heavy atom. The van der Waals surface area contributed by atoms with Gasteiger partial charge in [-0.1, -0.05) is 42.1 Å². The van der Waals surface area contributed by atoms with Gasteiger partial charge in [-0.15, -0.1) is 0 Å². The number of rotatable bonds is 6. The highest BCUT2D eigenvalue weighted by Gasteiger charge is 2.28. The molecule has 0 unspecified atom stereocenters. The topological polar surface area (TPSA) is 66.7 Å². The highest BCUT2D eigenvalue weighted by Crippen LogP contribution is 2.29. The van der Waals surface area contributed by atoms with Gasteiger partial charge in [-0.05, 0) is 55.4 Å². The Hall–Kier alpha value is -2.80. The van der Waals surface area contributed by atoms with E-state index in [-0.39, 0.29) is 5.91 Å². The van der Waals surface area contributed by atoms with E-state index in [9.17, 15) is 9.59 Å². The lowest BCUT2D eigenvalue weighted by Crippen LogP contribution is -2.40. The molecule has 1 aromatic heterocycles. The summed E-state index contributed by atoms with van der Waals surface area (Å²) in [7, 11) is 0. The highest BCUT2D eigenvalue weighted by molar-refractivity contribution is 7.98. The summed E-state index contributed by atoms with van der Waals surface area (Å²) < 4.78 is 5.81. The van der Waals surface area contributed by atoms with E-state index in [1.165, 1.54) is 11.8 Å². The number of piperidine rings is 1. The van der Waals surface area contributed by atoms with Crippen molar-refractivity contribution in [3.8, 4) is 0 Å². The van der Waals surface area contributed by atoms with Gasteiger partial charge in [-0.3, -0.25) is 9.59 Å². The van der Waals surface area contributed by atoms with Crippen molar-refractivity contribution in [2.24, 2.45) is 5.92 Å². The first-order chi connectivity index (χ1) is 16.2. The molecule has 2 aliphatic heterocycles. The Labute approximate surface area is 198 Å². The first-order valence-electron chi connectivity index (χ1n) is 11.8. The number of oxazole rings is 1. The van der Waals surface area contributed by atoms with E-state index in [0.29, 0.717) is 42.3 Å². The number of hydrogen-bond donors (Lipinski definition) is 0. The Morgan fingerprint density at radius 3 is 2.45 bits per heavy atom. The molecule has 172 valence electrons. The molecule has 0 atom stereocenters. The normalized spacial score (nSPS) is 17.1. The van der Waals surface area contributed by atoms with Crippen LogP contribution in [0.25, 0.3) is 11.1 Å². The highest BCUT2D eigenvalue weighted by atomic mass is 32.2. The summed E-state index contributed by atoms with van der Waals surface area (Å²) in [6.07, 6.45) is 4.67. The fourth-order valence-electron chi connectivity index (χ4n) is 4.76. The third-order valence-corrected chi connectivity index (χ3v) is 7.57. The third-order valence-electron chi connectivity index (χ3n) is 6.70. The van der Waals surface area contributed by atoms with Crippen LogP contribution in [-0.2, 0) is 10.5 Å². The van der Waals surface area contributed by atoms with Crippen LogP contribution in [0.2, 0.25) is 0 Å². The van der Waals surface area contributed by atoms with E-state index < -0.39 is 0 Å². The van der Waals surface area contributed by atoms with E-state index in [1.807, 2.05) is 58.3 Å². The summed E-state index contributed by atoms with van der Waals surface area (Å²) in [5, 5.41) is 0.613. The molecule has 2 saturated heterocycles. The maximum atomic E-state index is 13.3. The number of hydrogen-bond acceptors (Lipinski definition) is 5. The maximum Gasteiger partial charge on any atom is 0.257 e. The van der Waals surface area contributed by atoms with Crippen LogP contribution in [0, 0.1) is 5.92 Å². The van der Waals surface area contributed by atoms with Crippen molar-refractivity contribution < 1.29 is 14.0 Å². The minimum atomic E-state index is 0.0769. The molecule has 0 N–H and O–H groups in total. The van der Waals surface area contributed by atoms with Gasteiger partial charge in [0, 0.05) is 43.9 Å². The number of carbonyl (C=O) groups is 2. The number of carbonyl (C=O) groups excluding carboxylic acids is 2. The maximum absolute atomic E-state index is 13.3. The molecule has 0 saturated carbocycles. The molecule has 6 nitrogen and oxygen atoms in total. The summed E-state index contributed by atoms with van der Waals surface area (Å²) in [4.78, 5) is 34.3. The van der Waals surface area contributed by atoms with Crippen molar-refractivity contribution in [3.63, 3.8) is 0 Å². The number of fused-ring (bicyclic) bond motifs is 1. The van der Waals surface area contributed by atoms with Gasteiger partial charge in [0.15, 0.2) is 5.58 Å². The molecule has 0 spiro atoms. The molecule has 7 heteroatoms. The molecule has 33 heavy (non-hydrogen) atoms. The summed E-state index contributed by atoms with van der Waals surface area (Å²) in [5.74, 6) is 1.37. The van der Waals surface area contributed by atoms with Crippen molar-refractivity contribution in [1.29, 1.82) is 0 Å². The predicted octanol–water partition coefficient (Wildman–Crippen LogP) is 4.98. The molecule has 0 bridgehead atoms. The zero-order valence-electron chi connectivity index (χ0n) is 18.7. The van der Waals surface area contributed by atoms with E-state index in [1.54, 1.807) is 0 Å². The number of nitrogens with zero attached hydrogens (tertiary/aromatic N) is 3. The average molecular weight is 464 g/mol. The number of benzene rings is 2. The molecule has 2 amide bonds. The van der Waals surface area contributed by atoms with Gasteiger partial charge in [-0.2, -0.15) is 0 Å². The zero-order chi connectivity index (χ0) is 22.6. The molecule has 5 rings (SSSR count). The van der Waals surface area contributed by atoms with Crippen molar-refractivity contribution in [1.82, 2.24) is 14.8 Å². The molecule has 2 aliphatic rings. The van der Waals surface area contributed by atoms with Crippen LogP contribution in [0.3, 0.4) is 0 Å². The molecule has 2 fully saturated rings. The molecule has 3 heterocycles. The summed E-state index contributed by atoms with van der Waals surface area (Å²) >= 11 is 1.51. The molecule has 0 aliphatic carbocycles. The number of para-hydroxylation sites is 2. The van der Waals surface area contributed by atoms with Gasteiger partial charge >= 0.3 is 0 Å². The first-order valence-corrected chi connectivity index (χ1v) is 12.8. The lowest BCUT2D eigenvalue weighted by atomic mass is 9.92. The Balaban J connectivity index is 1.18. The smallest absolute Gasteiger partial charge is 0.257 e. The van der Waals surface area contributed by atoms with Crippen molar-refractivity contribution in [3.05, 3.63) is 59.7 Å². The van der Waals surface area contributed by atoms with Crippen LogP contribution in [0.5, 0.6) is 0 Å². The van der Waals surface area contributed by atoms with E-state index in [4.69, 9.17) is 4.42 Å². The second kappa shape index (κ2) is 10.00. The first kappa shape index (κ1) is 22.0. The second-order valence-electron chi connectivity index (χ2n) is 8.92. The molecule has 2 aromatic carbocycles. The Kier molecular flexibility index (Phi) is 6.67. The van der Waals surface area contributed by atoms with Crippen molar-refractivity contribution >= 4 is 34.7 Å². The number of aromatic nitrogens is 1. The van der Waals surface area contributed by atoms with E-state index in [2.05, 4.69) is 4.98 Å². The second-order valence-corrected chi connectivity index (χ2v) is 9.85. The van der Waals surface area contributed by atoms with Crippen LogP contribution in [-0.4, -0.2) is 52.8 Å². The average Bonchev–Trinajstić information content (AvgIpc) is 3.53. The van der Waals surface area contributed by atoms with Crippen LogP contribution in [0.1, 0.15) is 48.0 Å². The number of thioether (sulfide) groups is 1. The van der Waals surface area contributed by atoms with Gasteiger partial charge < -0.3 is 14.2 Å². The van der Waals surface area contributed by atoms with Crippen LogP contribution < -0.4 is 0 Å². The van der Waals surface area contributed by atoms with Gasteiger partial charge in [0.05, 0.1) is 0 Å². The SMILES string of the molecule is O=C(CC1CCN(C(=O)c2ccccc2CSc2nc3ccccc3o2)CC1)N1CCCC1. The lowest BCUT2D eigenvalue weighted by Gasteiger charge is -2.33. The van der Waals surface area contributed by atoms with Crippen molar-refractivity contribution in [2.75, 3.05) is 26.2 Å². The third kappa shape index (κ3) is 5.08. The van der Waals surface area contributed by atoms with Crippen LogP contribution in [0.4, 0.5) is 0 Å². The van der Waals surface area contributed by atoms with Gasteiger partial charge in [0.1, 0.15) is 5.52 Å². The van der Waals surface area contributed by atoms with Gasteiger partial charge in [-0.25, -0.2) is 4.98 Å². The largest absolute Gasteiger partial charge is 0.431 e. The summed E-state index contributed by atoms with van der Waals surface area (Å²) in [6.45, 7) is 3.25. The standard InChI is InChI=1S/C26H29N3O3S/c30-24(28-13-5-6-14-28)17-19-11-15-29(16-12-19)25(31)21-8-2-1-7-20(21)18-33-26-27-22-9-3-4-10-23(22)32-26/h1-4,7-10,19H,5-6,11-18H2. The van der Waals surface area contributed by atoms with Crippen LogP contribution in [0.15, 0.2) is 58.2 Å². The van der Waals surface area contributed by atoms with E-state index in [0.717, 1.165) is 61.0 Å². The van der Waals surface area contributed by atoms with Gasteiger partial charge in [0.2, 0.25) is 5.91 Å². The summed E-state index contributed by atoms with van der Waals surface area (Å²) in [6, 6.07) is 15.5. The van der Waals surface area contributed by atoms with E-state index >= 15 is 0 Å². The molecule has 0 radical (unpaired) electrons. The molecule has 3 aromatic rings. The Bertz CT molecular complexity index is 1100. The van der Waals surface area contributed by atoms with Crippen molar-refractivity contribution in [2.45, 2.75) is 43.1 Å². The minimum Gasteiger partial charge on any atom is -0.431 e. The number of likely N-dealkylation sites (tertiary alicyclic amines) is 2. The fraction of sp³-hybridized carbons (Fsp3) is 0.423. The lowest BCUT2D eigenvalue weighted by molar-refractivity contribution is -0.131. The molecular formula is C26H29N3O3S. The monoisotopic (exact) mass is 463 g/mol.